The normalized spacial score (nSPS) is 10.1. The van der Waals surface area contributed by atoms with Crippen LogP contribution in [0.1, 0.15) is 5.69 Å². The van der Waals surface area contributed by atoms with Gasteiger partial charge in [-0.15, -0.1) is 5.10 Å². The Morgan fingerprint density at radius 2 is 2.05 bits per heavy atom. The first kappa shape index (κ1) is 14.0. The summed E-state index contributed by atoms with van der Waals surface area (Å²) in [4.78, 5) is 11.6. The Morgan fingerprint density at radius 1 is 1.30 bits per heavy atom. The first-order chi connectivity index (χ1) is 9.63. The second-order valence-corrected chi connectivity index (χ2v) is 4.09. The molecule has 0 spiro atoms. The van der Waals surface area contributed by atoms with E-state index in [1.165, 1.54) is 10.9 Å². The van der Waals surface area contributed by atoms with E-state index in [2.05, 4.69) is 20.9 Å². The molecule has 0 aliphatic heterocycles. The molecule has 4 N–H and O–H groups in total. The molecule has 20 heavy (non-hydrogen) atoms. The summed E-state index contributed by atoms with van der Waals surface area (Å²) in [6.07, 6.45) is 1.46. The molecule has 0 radical (unpaired) electrons. The lowest BCUT2D eigenvalue weighted by Gasteiger charge is -2.05. The number of hydrogen-bond acceptors (Lipinski definition) is 5. The fraction of sp³-hybridized carbons (Fsp3) is 0.182. The van der Waals surface area contributed by atoms with Crippen molar-refractivity contribution in [1.29, 1.82) is 0 Å². The van der Waals surface area contributed by atoms with Gasteiger partial charge in [-0.05, 0) is 12.1 Å². The van der Waals surface area contributed by atoms with Crippen molar-refractivity contribution in [2.45, 2.75) is 13.0 Å². The molecule has 0 aliphatic carbocycles. The van der Waals surface area contributed by atoms with Crippen LogP contribution in [0.2, 0.25) is 0 Å². The van der Waals surface area contributed by atoms with Crippen LogP contribution in [-0.4, -0.2) is 38.2 Å². The third-order valence-corrected chi connectivity index (χ3v) is 2.40. The summed E-state index contributed by atoms with van der Waals surface area (Å²) in [5, 5.41) is 30.3. The summed E-state index contributed by atoms with van der Waals surface area (Å²) < 4.78 is 1.29. The highest BCUT2D eigenvalue weighted by Crippen LogP contribution is 2.04. The van der Waals surface area contributed by atoms with E-state index in [4.69, 9.17) is 10.0 Å². The van der Waals surface area contributed by atoms with Crippen LogP contribution in [0.3, 0.4) is 0 Å². The Balaban J connectivity index is 1.80. The fourth-order valence-electron chi connectivity index (χ4n) is 1.54. The summed E-state index contributed by atoms with van der Waals surface area (Å²) in [6.45, 7) is 0.195. The smallest absolute Gasteiger partial charge is 0.426 e. The average Bonchev–Trinajstić information content (AvgIpc) is 2.84. The van der Waals surface area contributed by atoms with Crippen molar-refractivity contribution in [3.63, 3.8) is 0 Å². The number of carbonyl (C=O) groups excluding carboxylic acids is 1. The molecule has 9 heteroatoms. The van der Waals surface area contributed by atoms with Gasteiger partial charge >= 0.3 is 13.1 Å². The number of benzene rings is 1. The van der Waals surface area contributed by atoms with Crippen molar-refractivity contribution in [2.24, 2.45) is 0 Å². The molecule has 2 aromatic rings. The number of nitrogens with one attached hydrogen (secondary N) is 2. The van der Waals surface area contributed by atoms with Gasteiger partial charge in [-0.1, -0.05) is 23.4 Å². The number of rotatable bonds is 5. The molecule has 0 unspecified atom stereocenters. The average molecular weight is 275 g/mol. The zero-order valence-electron chi connectivity index (χ0n) is 10.6. The molecule has 8 nitrogen and oxygen atoms in total. The van der Waals surface area contributed by atoms with E-state index >= 15 is 0 Å². The van der Waals surface area contributed by atoms with Crippen LogP contribution in [-0.2, 0) is 13.0 Å². The molecule has 1 aromatic heterocycles. The Morgan fingerprint density at radius 3 is 2.75 bits per heavy atom. The maximum Gasteiger partial charge on any atom is 0.474 e. The van der Waals surface area contributed by atoms with Crippen LogP contribution in [0.15, 0.2) is 36.5 Å². The maximum atomic E-state index is 11.6. The lowest BCUT2D eigenvalue weighted by molar-refractivity contribution is 0.251. The van der Waals surface area contributed by atoms with Crippen molar-refractivity contribution >= 4 is 18.8 Å². The predicted molar refractivity (Wildman–Crippen MR) is 72.5 cm³/mol. The highest BCUT2D eigenvalue weighted by molar-refractivity contribution is 6.39. The highest BCUT2D eigenvalue weighted by atomic mass is 16.4. The SMILES string of the molecule is O=C(NCc1cn(CB(O)O)nn1)Nc1ccccc1. The third kappa shape index (κ3) is 4.37. The number of anilines is 1. The Kier molecular flexibility index (Phi) is 4.69. The van der Waals surface area contributed by atoms with Gasteiger partial charge in [-0.2, -0.15) is 0 Å². The van der Waals surface area contributed by atoms with E-state index in [1.54, 1.807) is 12.1 Å². The summed E-state index contributed by atoms with van der Waals surface area (Å²) >= 11 is 0. The topological polar surface area (TPSA) is 112 Å². The number of aromatic nitrogens is 3. The van der Waals surface area contributed by atoms with Gasteiger partial charge < -0.3 is 20.7 Å². The van der Waals surface area contributed by atoms with Crippen molar-refractivity contribution in [3.05, 3.63) is 42.2 Å². The summed E-state index contributed by atoms with van der Waals surface area (Å²) in [5.74, 6) is 0. The van der Waals surface area contributed by atoms with Crippen LogP contribution in [0.5, 0.6) is 0 Å². The molecular formula is C11H14BN5O3. The second kappa shape index (κ2) is 6.69. The minimum absolute atomic E-state index is 0.0663. The van der Waals surface area contributed by atoms with E-state index in [0.29, 0.717) is 11.4 Å². The standard InChI is InChI=1S/C11H14BN5O3/c18-11(14-9-4-2-1-3-5-9)13-6-10-7-17(16-15-10)8-12(19)20/h1-5,7,19-20H,6,8H2,(H2,13,14,18). The summed E-state index contributed by atoms with van der Waals surface area (Å²) in [5.41, 5.74) is 1.21. The molecule has 0 atom stereocenters. The minimum atomic E-state index is -1.49. The Labute approximate surface area is 115 Å². The first-order valence-electron chi connectivity index (χ1n) is 5.98. The van der Waals surface area contributed by atoms with Crippen LogP contribution in [0.4, 0.5) is 10.5 Å². The lowest BCUT2D eigenvalue weighted by atomic mass is 9.93. The molecule has 0 bridgehead atoms. The van der Waals surface area contributed by atoms with E-state index in [-0.39, 0.29) is 19.0 Å². The molecule has 0 saturated carbocycles. The van der Waals surface area contributed by atoms with Crippen molar-refractivity contribution in [2.75, 3.05) is 5.32 Å². The van der Waals surface area contributed by atoms with Crippen molar-refractivity contribution < 1.29 is 14.8 Å². The Hall–Kier alpha value is -2.39. The molecule has 0 fully saturated rings. The van der Waals surface area contributed by atoms with Crippen molar-refractivity contribution in [3.8, 4) is 0 Å². The van der Waals surface area contributed by atoms with Crippen molar-refractivity contribution in [1.82, 2.24) is 20.3 Å². The molecule has 2 amide bonds. The fourth-order valence-corrected chi connectivity index (χ4v) is 1.54. The quantitative estimate of drug-likeness (QED) is 0.555. The monoisotopic (exact) mass is 275 g/mol. The maximum absolute atomic E-state index is 11.6. The molecule has 0 saturated heterocycles. The highest BCUT2D eigenvalue weighted by Gasteiger charge is 2.10. The number of urea groups is 1. The van der Waals surface area contributed by atoms with Crippen LogP contribution < -0.4 is 10.6 Å². The zero-order valence-corrected chi connectivity index (χ0v) is 10.6. The molecule has 0 aliphatic rings. The van der Waals surface area contributed by atoms with Gasteiger partial charge in [-0.3, -0.25) is 4.68 Å². The van der Waals surface area contributed by atoms with E-state index in [0.717, 1.165) is 0 Å². The van der Waals surface area contributed by atoms with E-state index in [9.17, 15) is 4.79 Å². The number of nitrogens with zero attached hydrogens (tertiary/aromatic N) is 3. The lowest BCUT2D eigenvalue weighted by Crippen LogP contribution is -2.28. The van der Waals surface area contributed by atoms with Gasteiger partial charge in [0.2, 0.25) is 0 Å². The van der Waals surface area contributed by atoms with E-state index in [1.807, 2.05) is 18.2 Å². The summed E-state index contributed by atoms with van der Waals surface area (Å²) in [7, 11) is -1.49. The largest absolute Gasteiger partial charge is 0.474 e. The number of hydrogen-bond donors (Lipinski definition) is 4. The molecule has 104 valence electrons. The van der Waals surface area contributed by atoms with Crippen LogP contribution in [0.25, 0.3) is 0 Å². The van der Waals surface area contributed by atoms with Gasteiger partial charge in [0, 0.05) is 11.9 Å². The van der Waals surface area contributed by atoms with Crippen LogP contribution >= 0.6 is 0 Å². The van der Waals surface area contributed by atoms with Gasteiger partial charge in [-0.25, -0.2) is 4.79 Å². The van der Waals surface area contributed by atoms with Gasteiger partial charge in [0.25, 0.3) is 0 Å². The third-order valence-electron chi connectivity index (χ3n) is 2.40. The second-order valence-electron chi connectivity index (χ2n) is 4.09. The first-order valence-corrected chi connectivity index (χ1v) is 5.98. The molecule has 1 aromatic carbocycles. The summed E-state index contributed by atoms with van der Waals surface area (Å²) in [6, 6.07) is 8.70. The van der Waals surface area contributed by atoms with Gasteiger partial charge in [0.15, 0.2) is 0 Å². The van der Waals surface area contributed by atoms with Gasteiger partial charge in [0.1, 0.15) is 5.69 Å². The number of para-hydroxylation sites is 1. The molecule has 1 heterocycles. The predicted octanol–water partition coefficient (Wildman–Crippen LogP) is -0.388. The van der Waals surface area contributed by atoms with Gasteiger partial charge in [0.05, 0.1) is 13.0 Å². The van der Waals surface area contributed by atoms with Crippen LogP contribution in [0, 0.1) is 0 Å². The Bertz CT molecular complexity index is 560. The zero-order chi connectivity index (χ0) is 14.4. The molecule has 2 rings (SSSR count). The molecular weight excluding hydrogens is 261 g/mol. The van der Waals surface area contributed by atoms with E-state index < -0.39 is 7.12 Å². The number of amides is 2. The number of carbonyl (C=O) groups is 1. The minimum Gasteiger partial charge on any atom is -0.426 e.